The van der Waals surface area contributed by atoms with Gasteiger partial charge in [-0.2, -0.15) is 0 Å². The summed E-state index contributed by atoms with van der Waals surface area (Å²) in [5.74, 6) is 1.03. The Labute approximate surface area is 168 Å². The molecule has 0 amide bonds. The summed E-state index contributed by atoms with van der Waals surface area (Å²) in [7, 11) is 2.08. The van der Waals surface area contributed by atoms with Crippen LogP contribution < -0.4 is 10.6 Å². The van der Waals surface area contributed by atoms with Crippen molar-refractivity contribution in [3.63, 3.8) is 0 Å². The zero-order valence-electron chi connectivity index (χ0n) is 16.0. The summed E-state index contributed by atoms with van der Waals surface area (Å²) in [6, 6.07) is 4.41. The van der Waals surface area contributed by atoms with E-state index in [-0.39, 0.29) is 0 Å². The van der Waals surface area contributed by atoms with E-state index in [1.54, 1.807) is 11.3 Å². The molecule has 5 rings (SSSR count). The molecule has 0 aromatic carbocycles. The molecule has 7 nitrogen and oxygen atoms in total. The van der Waals surface area contributed by atoms with Gasteiger partial charge in [0.05, 0.1) is 41.1 Å². The Kier molecular flexibility index (Phi) is 4.60. The Bertz CT molecular complexity index is 994. The van der Waals surface area contributed by atoms with Crippen molar-refractivity contribution in [1.82, 2.24) is 20.2 Å². The summed E-state index contributed by atoms with van der Waals surface area (Å²) in [6.07, 6.45) is 7.92. The number of hydrogen-bond acceptors (Lipinski definition) is 8. The van der Waals surface area contributed by atoms with E-state index in [9.17, 15) is 0 Å². The quantitative estimate of drug-likeness (QED) is 0.720. The van der Waals surface area contributed by atoms with E-state index in [4.69, 9.17) is 10.5 Å². The van der Waals surface area contributed by atoms with Crippen molar-refractivity contribution in [2.24, 2.45) is 0 Å². The van der Waals surface area contributed by atoms with Gasteiger partial charge < -0.3 is 15.4 Å². The Balaban J connectivity index is 1.46. The van der Waals surface area contributed by atoms with Gasteiger partial charge in [-0.1, -0.05) is 24.2 Å². The second kappa shape index (κ2) is 7.25. The second-order valence-electron chi connectivity index (χ2n) is 7.71. The maximum absolute atomic E-state index is 6.30. The van der Waals surface area contributed by atoms with Crippen molar-refractivity contribution in [3.8, 4) is 10.6 Å². The maximum Gasteiger partial charge on any atom is 0.151 e. The number of pyridine rings is 2. The van der Waals surface area contributed by atoms with Gasteiger partial charge in [0.25, 0.3) is 0 Å². The van der Waals surface area contributed by atoms with E-state index in [1.165, 1.54) is 25.7 Å². The van der Waals surface area contributed by atoms with Gasteiger partial charge in [0.15, 0.2) is 5.01 Å². The monoisotopic (exact) mass is 396 g/mol. The van der Waals surface area contributed by atoms with Crippen LogP contribution in [0.25, 0.3) is 21.6 Å². The highest BCUT2D eigenvalue weighted by Crippen LogP contribution is 2.38. The topological polar surface area (TPSA) is 90.1 Å². The first kappa shape index (κ1) is 17.8. The molecule has 3 aromatic rings. The minimum absolute atomic E-state index is 0.381. The summed E-state index contributed by atoms with van der Waals surface area (Å²) < 4.78 is 5.50. The average Bonchev–Trinajstić information content (AvgIpc) is 3.48. The van der Waals surface area contributed by atoms with Crippen LogP contribution in [0.3, 0.4) is 0 Å². The lowest BCUT2D eigenvalue weighted by molar-refractivity contribution is 0.193. The van der Waals surface area contributed by atoms with Crippen LogP contribution in [0.15, 0.2) is 18.3 Å². The van der Waals surface area contributed by atoms with E-state index >= 15 is 0 Å². The van der Waals surface area contributed by atoms with Crippen LogP contribution >= 0.6 is 11.3 Å². The molecule has 3 aromatic heterocycles. The van der Waals surface area contributed by atoms with Crippen molar-refractivity contribution in [2.75, 3.05) is 30.9 Å². The van der Waals surface area contributed by atoms with Crippen molar-refractivity contribution < 1.29 is 4.74 Å². The molecule has 146 valence electrons. The number of ether oxygens (including phenoxy) is 1. The van der Waals surface area contributed by atoms with E-state index in [1.807, 2.05) is 18.3 Å². The molecular formula is C20H24N6OS. The molecule has 1 unspecified atom stereocenters. The molecule has 8 heteroatoms. The lowest BCUT2D eigenvalue weighted by Crippen LogP contribution is -2.31. The molecule has 1 aliphatic carbocycles. The molecule has 2 aliphatic rings. The van der Waals surface area contributed by atoms with Crippen LogP contribution in [0.1, 0.15) is 43.0 Å². The molecule has 0 spiro atoms. The van der Waals surface area contributed by atoms with Gasteiger partial charge in [-0.05, 0) is 31.4 Å². The van der Waals surface area contributed by atoms with Gasteiger partial charge in [-0.3, -0.25) is 4.98 Å². The van der Waals surface area contributed by atoms with Crippen LogP contribution in [0.4, 0.5) is 11.5 Å². The number of hydrogen-bond donors (Lipinski definition) is 1. The third-order valence-electron chi connectivity index (χ3n) is 5.92. The summed E-state index contributed by atoms with van der Waals surface area (Å²) in [5.41, 5.74) is 9.77. The minimum Gasteiger partial charge on any atom is -0.383 e. The number of nitrogen functional groups attached to an aromatic ring is 1. The Morgan fingerprint density at radius 1 is 1.14 bits per heavy atom. The third-order valence-corrected chi connectivity index (χ3v) is 7.04. The largest absolute Gasteiger partial charge is 0.383 e. The number of nitrogens with zero attached hydrogens (tertiary/aromatic N) is 5. The van der Waals surface area contributed by atoms with Crippen LogP contribution in [0, 0.1) is 0 Å². The first-order chi connectivity index (χ1) is 13.7. The van der Waals surface area contributed by atoms with Gasteiger partial charge >= 0.3 is 0 Å². The highest BCUT2D eigenvalue weighted by molar-refractivity contribution is 7.14. The Morgan fingerprint density at radius 3 is 2.79 bits per heavy atom. The van der Waals surface area contributed by atoms with Crippen molar-refractivity contribution >= 4 is 33.9 Å². The number of rotatable bonds is 4. The molecule has 28 heavy (non-hydrogen) atoms. The number of nitrogens with two attached hydrogens (primary N) is 1. The van der Waals surface area contributed by atoms with Crippen molar-refractivity contribution in [1.29, 1.82) is 0 Å². The number of fused-ring (bicyclic) bond motifs is 1. The van der Waals surface area contributed by atoms with E-state index < -0.39 is 0 Å². The van der Waals surface area contributed by atoms with Crippen LogP contribution in [0.5, 0.6) is 0 Å². The Hall–Kier alpha value is -2.32. The van der Waals surface area contributed by atoms with Gasteiger partial charge in [-0.15, -0.1) is 10.2 Å². The maximum atomic E-state index is 6.30. The van der Waals surface area contributed by atoms with Crippen molar-refractivity contribution in [2.45, 2.75) is 44.1 Å². The lowest BCUT2D eigenvalue weighted by Gasteiger charge is -2.25. The van der Waals surface area contributed by atoms with Crippen LogP contribution in [-0.2, 0) is 4.74 Å². The first-order valence-corrected chi connectivity index (χ1v) is 10.7. The predicted octanol–water partition coefficient (Wildman–Crippen LogP) is 3.61. The van der Waals surface area contributed by atoms with E-state index in [2.05, 4.69) is 32.1 Å². The van der Waals surface area contributed by atoms with Crippen LogP contribution in [-0.4, -0.2) is 46.5 Å². The summed E-state index contributed by atoms with van der Waals surface area (Å²) in [6.45, 7) is 1.57. The van der Waals surface area contributed by atoms with Gasteiger partial charge in [0.2, 0.25) is 0 Å². The fourth-order valence-corrected chi connectivity index (χ4v) is 5.18. The predicted molar refractivity (Wildman–Crippen MR) is 112 cm³/mol. The normalized spacial score (nSPS) is 20.2. The highest BCUT2D eigenvalue weighted by atomic mass is 32.1. The summed E-state index contributed by atoms with van der Waals surface area (Å²) >= 11 is 1.64. The van der Waals surface area contributed by atoms with Gasteiger partial charge in [-0.25, -0.2) is 4.98 Å². The molecule has 0 radical (unpaired) electrons. The molecular weight excluding hydrogens is 372 g/mol. The smallest absolute Gasteiger partial charge is 0.151 e. The van der Waals surface area contributed by atoms with Crippen molar-refractivity contribution in [3.05, 3.63) is 23.3 Å². The molecule has 0 bridgehead atoms. The van der Waals surface area contributed by atoms with Gasteiger partial charge in [0.1, 0.15) is 10.8 Å². The van der Waals surface area contributed by atoms with Gasteiger partial charge in [0, 0.05) is 19.6 Å². The zero-order chi connectivity index (χ0) is 19.1. The summed E-state index contributed by atoms with van der Waals surface area (Å²) in [4.78, 5) is 11.5. The fourth-order valence-electron chi connectivity index (χ4n) is 4.14. The Morgan fingerprint density at radius 2 is 2.00 bits per heavy atom. The number of anilines is 2. The molecule has 1 saturated carbocycles. The lowest BCUT2D eigenvalue weighted by atomic mass is 10.1. The average molecular weight is 397 g/mol. The molecule has 4 heterocycles. The molecule has 2 N–H and O–H groups in total. The SMILES string of the molecule is CN(c1cnc2cc(-c3nnc(C4CCCC4)s3)c(N)nc2c1)C1CCOC1. The minimum atomic E-state index is 0.381. The molecule has 1 saturated heterocycles. The summed E-state index contributed by atoms with van der Waals surface area (Å²) in [5, 5.41) is 10.8. The van der Waals surface area contributed by atoms with E-state index in [0.717, 1.165) is 51.9 Å². The van der Waals surface area contributed by atoms with E-state index in [0.29, 0.717) is 17.8 Å². The fraction of sp³-hybridized carbons (Fsp3) is 0.500. The first-order valence-electron chi connectivity index (χ1n) is 9.89. The standard InChI is InChI=1S/C20H24N6OS/c1-26(13-6-7-27-11-13)14-8-17-16(22-10-14)9-15(18(21)23-17)20-25-24-19(28-20)12-4-2-3-5-12/h8-10,12-13H,2-7,11H2,1H3,(H2,21,23). The number of aromatic nitrogens is 4. The molecule has 1 atom stereocenters. The molecule has 2 fully saturated rings. The second-order valence-corrected chi connectivity index (χ2v) is 8.72. The highest BCUT2D eigenvalue weighted by Gasteiger charge is 2.23. The number of likely N-dealkylation sites (N-methyl/N-ethyl adjacent to an activating group) is 1. The third kappa shape index (κ3) is 3.20. The zero-order valence-corrected chi connectivity index (χ0v) is 16.8. The van der Waals surface area contributed by atoms with Crippen LogP contribution in [0.2, 0.25) is 0 Å². The molecule has 1 aliphatic heterocycles.